The Kier molecular flexibility index (Phi) is 3.10. The number of hydrogen-bond donors (Lipinski definition) is 1. The maximum atomic E-state index is 4.47. The summed E-state index contributed by atoms with van der Waals surface area (Å²) in [7, 11) is 1.91. The highest BCUT2D eigenvalue weighted by Crippen LogP contribution is 2.22. The zero-order chi connectivity index (χ0) is 14.1. The van der Waals surface area contributed by atoms with Crippen LogP contribution in [-0.2, 0) is 7.05 Å². The van der Waals surface area contributed by atoms with Crippen LogP contribution in [0.25, 0.3) is 11.0 Å². The van der Waals surface area contributed by atoms with Crippen molar-refractivity contribution in [3.8, 4) is 0 Å². The molecule has 0 aliphatic carbocycles. The lowest BCUT2D eigenvalue weighted by atomic mass is 10.1. The number of nitrogens with zero attached hydrogens (tertiary/aromatic N) is 4. The van der Waals surface area contributed by atoms with E-state index >= 15 is 0 Å². The number of rotatable bonds is 3. The highest BCUT2D eigenvalue weighted by atomic mass is 15.3. The van der Waals surface area contributed by atoms with Crippen LogP contribution in [0.1, 0.15) is 24.2 Å². The van der Waals surface area contributed by atoms with Gasteiger partial charge >= 0.3 is 0 Å². The van der Waals surface area contributed by atoms with Crippen LogP contribution in [0.15, 0.2) is 36.8 Å². The van der Waals surface area contributed by atoms with Crippen molar-refractivity contribution in [2.24, 2.45) is 7.05 Å². The molecule has 20 heavy (non-hydrogen) atoms. The van der Waals surface area contributed by atoms with E-state index in [4.69, 9.17) is 0 Å². The maximum absolute atomic E-state index is 4.47. The molecule has 0 saturated heterocycles. The van der Waals surface area contributed by atoms with Crippen molar-refractivity contribution in [1.29, 1.82) is 0 Å². The van der Waals surface area contributed by atoms with Crippen molar-refractivity contribution in [2.45, 2.75) is 19.9 Å². The highest BCUT2D eigenvalue weighted by molar-refractivity contribution is 5.81. The molecule has 5 nitrogen and oxygen atoms in total. The molecular formula is C15H17N5. The molecule has 3 rings (SSSR count). The van der Waals surface area contributed by atoms with Crippen LogP contribution < -0.4 is 5.32 Å². The molecule has 1 atom stereocenters. The minimum Gasteiger partial charge on any atom is -0.377 e. The lowest BCUT2D eigenvalue weighted by Crippen LogP contribution is -2.07. The molecule has 102 valence electrons. The lowest BCUT2D eigenvalue weighted by Gasteiger charge is -2.15. The van der Waals surface area contributed by atoms with Gasteiger partial charge in [0.2, 0.25) is 0 Å². The molecule has 0 amide bonds. The van der Waals surface area contributed by atoms with Gasteiger partial charge in [-0.05, 0) is 31.5 Å². The van der Waals surface area contributed by atoms with Crippen LogP contribution in [0, 0.1) is 6.92 Å². The van der Waals surface area contributed by atoms with Crippen molar-refractivity contribution in [3.63, 3.8) is 0 Å². The van der Waals surface area contributed by atoms with Crippen LogP contribution >= 0.6 is 0 Å². The molecule has 1 unspecified atom stereocenters. The number of aromatic nitrogens is 4. The second kappa shape index (κ2) is 4.92. The Balaban J connectivity index is 1.90. The van der Waals surface area contributed by atoms with Crippen LogP contribution in [0.3, 0.4) is 0 Å². The van der Waals surface area contributed by atoms with Crippen LogP contribution in [0.2, 0.25) is 0 Å². The quantitative estimate of drug-likeness (QED) is 0.792. The van der Waals surface area contributed by atoms with Gasteiger partial charge in [-0.1, -0.05) is 6.07 Å². The first kappa shape index (κ1) is 12.6. The second-order valence-corrected chi connectivity index (χ2v) is 4.96. The van der Waals surface area contributed by atoms with E-state index in [-0.39, 0.29) is 6.04 Å². The van der Waals surface area contributed by atoms with Gasteiger partial charge in [-0.15, -0.1) is 0 Å². The summed E-state index contributed by atoms with van der Waals surface area (Å²) < 4.78 is 1.80. The summed E-state index contributed by atoms with van der Waals surface area (Å²) in [6.45, 7) is 4.11. The van der Waals surface area contributed by atoms with Gasteiger partial charge in [0.05, 0.1) is 23.6 Å². The summed E-state index contributed by atoms with van der Waals surface area (Å²) in [6, 6.07) is 6.28. The van der Waals surface area contributed by atoms with E-state index in [1.54, 1.807) is 10.9 Å². The third kappa shape index (κ3) is 2.22. The van der Waals surface area contributed by atoms with Crippen LogP contribution in [0.5, 0.6) is 0 Å². The minimum atomic E-state index is 0.180. The third-order valence-electron chi connectivity index (χ3n) is 3.43. The molecule has 5 heteroatoms. The van der Waals surface area contributed by atoms with E-state index in [9.17, 15) is 0 Å². The van der Waals surface area contributed by atoms with Gasteiger partial charge in [-0.3, -0.25) is 9.67 Å². The Morgan fingerprint density at radius 3 is 2.90 bits per heavy atom. The summed E-state index contributed by atoms with van der Waals surface area (Å²) in [5.74, 6) is 0. The molecule has 3 heterocycles. The third-order valence-corrected chi connectivity index (χ3v) is 3.43. The zero-order valence-corrected chi connectivity index (χ0v) is 11.8. The molecular weight excluding hydrogens is 250 g/mol. The summed E-state index contributed by atoms with van der Waals surface area (Å²) in [6.07, 6.45) is 5.50. The highest BCUT2D eigenvalue weighted by Gasteiger charge is 2.09. The average molecular weight is 267 g/mol. The van der Waals surface area contributed by atoms with Crippen molar-refractivity contribution in [1.82, 2.24) is 19.7 Å². The molecule has 0 radical (unpaired) electrons. The second-order valence-electron chi connectivity index (χ2n) is 4.96. The van der Waals surface area contributed by atoms with E-state index < -0.39 is 0 Å². The van der Waals surface area contributed by atoms with Gasteiger partial charge in [0.25, 0.3) is 0 Å². The number of anilines is 1. The van der Waals surface area contributed by atoms with E-state index in [1.807, 2.05) is 32.4 Å². The van der Waals surface area contributed by atoms with E-state index in [1.165, 1.54) is 0 Å². The molecule has 0 spiro atoms. The van der Waals surface area contributed by atoms with Gasteiger partial charge in [0.1, 0.15) is 0 Å². The molecule has 0 aromatic carbocycles. The summed E-state index contributed by atoms with van der Waals surface area (Å²) in [5, 5.41) is 8.91. The summed E-state index contributed by atoms with van der Waals surface area (Å²) in [5.41, 5.74) is 4.04. The molecule has 0 fully saturated rings. The van der Waals surface area contributed by atoms with Crippen LogP contribution in [0.4, 0.5) is 5.69 Å². The molecule has 0 aliphatic rings. The smallest absolute Gasteiger partial charge is 0.157 e. The fourth-order valence-corrected chi connectivity index (χ4v) is 2.35. The minimum absolute atomic E-state index is 0.180. The predicted molar refractivity (Wildman–Crippen MR) is 79.5 cm³/mol. The lowest BCUT2D eigenvalue weighted by molar-refractivity contribution is 0.773. The SMILES string of the molecule is Cc1nn(C)c2ncc(NC(C)c3cccnc3)cc12. The monoisotopic (exact) mass is 267 g/mol. The number of aryl methyl sites for hydroxylation is 2. The van der Waals surface area contributed by atoms with Gasteiger partial charge < -0.3 is 5.32 Å². The van der Waals surface area contributed by atoms with E-state index in [0.717, 1.165) is 28.0 Å². The average Bonchev–Trinajstić information content (AvgIpc) is 2.75. The van der Waals surface area contributed by atoms with Gasteiger partial charge in [-0.25, -0.2) is 4.98 Å². The number of hydrogen-bond acceptors (Lipinski definition) is 4. The molecule has 0 saturated carbocycles. The van der Waals surface area contributed by atoms with Crippen LogP contribution in [-0.4, -0.2) is 19.7 Å². The van der Waals surface area contributed by atoms with Gasteiger partial charge in [0, 0.05) is 24.8 Å². The molecule has 3 aromatic rings. The van der Waals surface area contributed by atoms with Crippen molar-refractivity contribution >= 4 is 16.7 Å². The Morgan fingerprint density at radius 1 is 1.30 bits per heavy atom. The number of pyridine rings is 2. The number of nitrogens with one attached hydrogen (secondary N) is 1. The fraction of sp³-hybridized carbons (Fsp3) is 0.267. The first-order valence-electron chi connectivity index (χ1n) is 6.61. The largest absolute Gasteiger partial charge is 0.377 e. The van der Waals surface area contributed by atoms with Gasteiger partial charge in [-0.2, -0.15) is 5.10 Å². The predicted octanol–water partition coefficient (Wildman–Crippen LogP) is 2.84. The molecule has 0 aliphatic heterocycles. The normalized spacial score (nSPS) is 12.6. The molecule has 3 aromatic heterocycles. The first-order valence-corrected chi connectivity index (χ1v) is 6.61. The Bertz CT molecular complexity index is 733. The number of fused-ring (bicyclic) bond motifs is 1. The zero-order valence-electron chi connectivity index (χ0n) is 11.8. The first-order chi connectivity index (χ1) is 9.65. The fourth-order valence-electron chi connectivity index (χ4n) is 2.35. The molecule has 1 N–H and O–H groups in total. The Labute approximate surface area is 117 Å². The van der Waals surface area contributed by atoms with Crippen molar-refractivity contribution in [3.05, 3.63) is 48.0 Å². The van der Waals surface area contributed by atoms with E-state index in [0.29, 0.717) is 0 Å². The summed E-state index contributed by atoms with van der Waals surface area (Å²) >= 11 is 0. The van der Waals surface area contributed by atoms with Crippen molar-refractivity contribution < 1.29 is 0 Å². The Morgan fingerprint density at radius 2 is 2.15 bits per heavy atom. The summed E-state index contributed by atoms with van der Waals surface area (Å²) in [4.78, 5) is 8.62. The van der Waals surface area contributed by atoms with Crippen molar-refractivity contribution in [2.75, 3.05) is 5.32 Å². The topological polar surface area (TPSA) is 55.6 Å². The van der Waals surface area contributed by atoms with Gasteiger partial charge in [0.15, 0.2) is 5.65 Å². The molecule has 0 bridgehead atoms. The maximum Gasteiger partial charge on any atom is 0.157 e. The van der Waals surface area contributed by atoms with E-state index in [2.05, 4.69) is 39.4 Å². The Hall–Kier alpha value is -2.43. The standard InChI is InChI=1S/C15H17N5/c1-10(12-5-4-6-16-8-12)18-13-7-14-11(2)19-20(3)15(14)17-9-13/h4-10,18H,1-3H3.